The van der Waals surface area contributed by atoms with Crippen molar-refractivity contribution in [2.24, 2.45) is 0 Å². The van der Waals surface area contributed by atoms with Crippen LogP contribution in [0.1, 0.15) is 0 Å². The van der Waals surface area contributed by atoms with Crippen LogP contribution in [0.5, 0.6) is 0 Å². The lowest BCUT2D eigenvalue weighted by atomic mass is 9.94. The molecule has 2 aromatic heterocycles. The Kier molecular flexibility index (Phi) is 7.43. The Morgan fingerprint density at radius 3 is 1.26 bits per heavy atom. The van der Waals surface area contributed by atoms with Crippen molar-refractivity contribution in [2.45, 2.75) is 0 Å². The van der Waals surface area contributed by atoms with Crippen LogP contribution in [0.2, 0.25) is 0 Å². The zero-order chi connectivity index (χ0) is 35.1. The smallest absolute Gasteiger partial charge is 0.164 e. The molecule has 8 aromatic carbocycles. The predicted octanol–water partition coefficient (Wildman–Crippen LogP) is 12.5. The third kappa shape index (κ3) is 5.45. The zero-order valence-corrected chi connectivity index (χ0v) is 28.8. The van der Waals surface area contributed by atoms with E-state index in [0.29, 0.717) is 17.5 Å². The number of fused-ring (bicyclic) bond motifs is 4. The standard InChI is InChI=1S/C49H32N4/c1-3-13-33(14-4-1)34-23-25-37(26-24-34)48-50-47(36-15-5-2-6-16-36)51-49(52-48)44-32-31-39(40-17-7-8-18-41(40)44)35-27-29-38(30-28-35)53-45-21-11-9-19-42(45)43-20-10-12-22-46(43)53/h1-32H. The number of nitrogens with zero attached hydrogens (tertiary/aromatic N) is 4. The summed E-state index contributed by atoms with van der Waals surface area (Å²) in [5.41, 5.74) is 11.0. The van der Waals surface area contributed by atoms with Crippen LogP contribution in [0, 0.1) is 0 Å². The van der Waals surface area contributed by atoms with Gasteiger partial charge in [0.25, 0.3) is 0 Å². The van der Waals surface area contributed by atoms with Crippen molar-refractivity contribution in [3.8, 4) is 62.1 Å². The lowest BCUT2D eigenvalue weighted by molar-refractivity contribution is 1.08. The Labute approximate surface area is 307 Å². The van der Waals surface area contributed by atoms with Crippen LogP contribution in [-0.2, 0) is 0 Å². The van der Waals surface area contributed by atoms with Gasteiger partial charge in [0, 0.05) is 33.2 Å². The monoisotopic (exact) mass is 676 g/mol. The van der Waals surface area contributed by atoms with Crippen molar-refractivity contribution in [1.82, 2.24) is 19.5 Å². The van der Waals surface area contributed by atoms with Crippen molar-refractivity contribution >= 4 is 32.6 Å². The first-order valence-corrected chi connectivity index (χ1v) is 17.9. The number of rotatable bonds is 6. The Hall–Kier alpha value is -7.17. The van der Waals surface area contributed by atoms with Crippen LogP contribution in [0.4, 0.5) is 0 Å². The summed E-state index contributed by atoms with van der Waals surface area (Å²) in [7, 11) is 0. The van der Waals surface area contributed by atoms with Gasteiger partial charge in [-0.25, -0.2) is 15.0 Å². The van der Waals surface area contributed by atoms with Crippen molar-refractivity contribution < 1.29 is 0 Å². The van der Waals surface area contributed by atoms with Gasteiger partial charge in [0.05, 0.1) is 11.0 Å². The summed E-state index contributed by atoms with van der Waals surface area (Å²) in [5, 5.41) is 4.75. The Bertz CT molecular complexity index is 2860. The highest BCUT2D eigenvalue weighted by atomic mass is 15.0. The average molecular weight is 677 g/mol. The van der Waals surface area contributed by atoms with Crippen LogP contribution in [0.25, 0.3) is 94.7 Å². The summed E-state index contributed by atoms with van der Waals surface area (Å²) in [6, 6.07) is 68.1. The highest BCUT2D eigenvalue weighted by Crippen LogP contribution is 2.37. The number of hydrogen-bond donors (Lipinski definition) is 0. The highest BCUT2D eigenvalue weighted by Gasteiger charge is 2.17. The van der Waals surface area contributed by atoms with E-state index in [4.69, 9.17) is 15.0 Å². The Morgan fingerprint density at radius 2 is 0.660 bits per heavy atom. The average Bonchev–Trinajstić information content (AvgIpc) is 3.58. The highest BCUT2D eigenvalue weighted by molar-refractivity contribution is 6.09. The van der Waals surface area contributed by atoms with E-state index in [1.165, 1.54) is 27.4 Å². The van der Waals surface area contributed by atoms with E-state index in [0.717, 1.165) is 49.8 Å². The van der Waals surface area contributed by atoms with Gasteiger partial charge in [-0.2, -0.15) is 0 Å². The molecule has 0 atom stereocenters. The normalized spacial score (nSPS) is 11.4. The zero-order valence-electron chi connectivity index (χ0n) is 28.8. The summed E-state index contributed by atoms with van der Waals surface area (Å²) in [5.74, 6) is 1.93. The molecular formula is C49H32N4. The molecular weight excluding hydrogens is 645 g/mol. The first-order valence-electron chi connectivity index (χ1n) is 17.9. The molecule has 0 radical (unpaired) electrons. The fourth-order valence-corrected chi connectivity index (χ4v) is 7.52. The molecule has 4 nitrogen and oxygen atoms in total. The van der Waals surface area contributed by atoms with Gasteiger partial charge in [0.15, 0.2) is 17.5 Å². The van der Waals surface area contributed by atoms with Crippen molar-refractivity contribution in [3.05, 3.63) is 194 Å². The molecule has 10 rings (SSSR count). The molecule has 0 saturated heterocycles. The third-order valence-corrected chi connectivity index (χ3v) is 10.1. The van der Waals surface area contributed by atoms with Gasteiger partial charge in [-0.1, -0.05) is 164 Å². The van der Waals surface area contributed by atoms with Gasteiger partial charge in [-0.15, -0.1) is 0 Å². The summed E-state index contributed by atoms with van der Waals surface area (Å²) in [6.07, 6.45) is 0. The summed E-state index contributed by atoms with van der Waals surface area (Å²) >= 11 is 0. The van der Waals surface area contributed by atoms with Crippen LogP contribution in [-0.4, -0.2) is 19.5 Å². The van der Waals surface area contributed by atoms with Crippen molar-refractivity contribution in [3.63, 3.8) is 0 Å². The molecule has 2 heterocycles. The molecule has 248 valence electrons. The third-order valence-electron chi connectivity index (χ3n) is 10.1. The molecule has 0 saturated carbocycles. The molecule has 0 aliphatic carbocycles. The van der Waals surface area contributed by atoms with E-state index in [1.807, 2.05) is 36.4 Å². The van der Waals surface area contributed by atoms with Crippen LogP contribution in [0.3, 0.4) is 0 Å². The quantitative estimate of drug-likeness (QED) is 0.176. The molecule has 0 bridgehead atoms. The minimum atomic E-state index is 0.641. The molecule has 53 heavy (non-hydrogen) atoms. The molecule has 0 N–H and O–H groups in total. The molecule has 0 unspecified atom stereocenters. The maximum atomic E-state index is 5.12. The molecule has 0 spiro atoms. The summed E-state index contributed by atoms with van der Waals surface area (Å²) in [4.78, 5) is 15.2. The molecule has 0 fully saturated rings. The van der Waals surface area contributed by atoms with Crippen LogP contribution in [0.15, 0.2) is 194 Å². The topological polar surface area (TPSA) is 43.6 Å². The van der Waals surface area contributed by atoms with Crippen LogP contribution >= 0.6 is 0 Å². The second-order valence-corrected chi connectivity index (χ2v) is 13.2. The molecule has 0 aliphatic heterocycles. The Morgan fingerprint density at radius 1 is 0.264 bits per heavy atom. The van der Waals surface area contributed by atoms with Gasteiger partial charge < -0.3 is 4.57 Å². The predicted molar refractivity (Wildman–Crippen MR) is 219 cm³/mol. The minimum absolute atomic E-state index is 0.641. The number of benzene rings is 8. The first-order chi connectivity index (χ1) is 26.3. The van der Waals surface area contributed by atoms with E-state index in [9.17, 15) is 0 Å². The van der Waals surface area contributed by atoms with Gasteiger partial charge in [-0.3, -0.25) is 0 Å². The molecule has 0 aliphatic rings. The van der Waals surface area contributed by atoms with E-state index < -0.39 is 0 Å². The minimum Gasteiger partial charge on any atom is -0.309 e. The van der Waals surface area contributed by atoms with Gasteiger partial charge in [0.1, 0.15) is 0 Å². The van der Waals surface area contributed by atoms with Crippen molar-refractivity contribution in [1.29, 1.82) is 0 Å². The maximum absolute atomic E-state index is 5.12. The first kappa shape index (κ1) is 30.6. The Balaban J connectivity index is 1.07. The van der Waals surface area contributed by atoms with Gasteiger partial charge >= 0.3 is 0 Å². The fraction of sp³-hybridized carbons (Fsp3) is 0. The number of hydrogen-bond acceptors (Lipinski definition) is 3. The SMILES string of the molecule is c1ccc(-c2ccc(-c3nc(-c4ccccc4)nc(-c4ccc(-c5ccc(-n6c7ccccc7c7ccccc76)cc5)c5ccccc45)n3)cc2)cc1. The maximum Gasteiger partial charge on any atom is 0.164 e. The second kappa shape index (κ2) is 12.9. The summed E-state index contributed by atoms with van der Waals surface area (Å²) < 4.78 is 2.35. The molecule has 4 heteroatoms. The van der Waals surface area contributed by atoms with Crippen LogP contribution < -0.4 is 0 Å². The molecule has 10 aromatic rings. The van der Waals surface area contributed by atoms with E-state index in [-0.39, 0.29) is 0 Å². The largest absolute Gasteiger partial charge is 0.309 e. The van der Waals surface area contributed by atoms with E-state index >= 15 is 0 Å². The lowest BCUT2D eigenvalue weighted by Gasteiger charge is -2.14. The van der Waals surface area contributed by atoms with Gasteiger partial charge in [-0.05, 0) is 63.4 Å². The fourth-order valence-electron chi connectivity index (χ4n) is 7.52. The second-order valence-electron chi connectivity index (χ2n) is 13.2. The lowest BCUT2D eigenvalue weighted by Crippen LogP contribution is -2.01. The van der Waals surface area contributed by atoms with E-state index in [2.05, 4.69) is 162 Å². The number of para-hydroxylation sites is 2. The molecule has 0 amide bonds. The van der Waals surface area contributed by atoms with Crippen molar-refractivity contribution in [2.75, 3.05) is 0 Å². The summed E-state index contributed by atoms with van der Waals surface area (Å²) in [6.45, 7) is 0. The number of aromatic nitrogens is 4. The van der Waals surface area contributed by atoms with E-state index in [1.54, 1.807) is 0 Å². The van der Waals surface area contributed by atoms with Gasteiger partial charge in [0.2, 0.25) is 0 Å².